The summed E-state index contributed by atoms with van der Waals surface area (Å²) in [6.07, 6.45) is 1.83. The van der Waals surface area contributed by atoms with Gasteiger partial charge < -0.3 is 4.74 Å². The molecule has 0 amide bonds. The van der Waals surface area contributed by atoms with E-state index in [1.54, 1.807) is 7.11 Å². The van der Waals surface area contributed by atoms with Gasteiger partial charge in [-0.25, -0.2) is 0 Å². The van der Waals surface area contributed by atoms with Crippen LogP contribution in [0.1, 0.15) is 5.69 Å². The van der Waals surface area contributed by atoms with Gasteiger partial charge >= 0.3 is 0 Å². The van der Waals surface area contributed by atoms with Crippen molar-refractivity contribution in [3.05, 3.63) is 18.0 Å². The molecule has 0 fully saturated rings. The lowest BCUT2D eigenvalue weighted by Gasteiger charge is -1.97. The summed E-state index contributed by atoms with van der Waals surface area (Å²) in [4.78, 5) is 0. The van der Waals surface area contributed by atoms with Crippen LogP contribution in [0, 0.1) is 13.0 Å². The molecule has 1 heterocycles. The van der Waals surface area contributed by atoms with Gasteiger partial charge in [0.1, 0.15) is 0 Å². The van der Waals surface area contributed by atoms with Crippen molar-refractivity contribution < 1.29 is 4.74 Å². The summed E-state index contributed by atoms with van der Waals surface area (Å²) in [5.74, 6) is 0. The van der Waals surface area contributed by atoms with Crippen LogP contribution in [0.3, 0.4) is 0 Å². The molecule has 0 aliphatic heterocycles. The van der Waals surface area contributed by atoms with Crippen LogP contribution in [-0.4, -0.2) is 23.5 Å². The maximum absolute atomic E-state index is 4.88. The quantitative estimate of drug-likeness (QED) is 0.614. The molecule has 0 saturated heterocycles. The first-order valence-corrected chi connectivity index (χ1v) is 3.23. The van der Waals surface area contributed by atoms with E-state index in [0.29, 0.717) is 6.61 Å². The molecule has 0 spiro atoms. The molecule has 0 bridgehead atoms. The number of aryl methyl sites for hydroxylation is 1. The summed E-state index contributed by atoms with van der Waals surface area (Å²) in [6, 6.07) is 2.97. The number of nitrogens with zero attached hydrogens (tertiary/aromatic N) is 2. The normalized spacial score (nSPS) is 10.2. The van der Waals surface area contributed by atoms with Crippen molar-refractivity contribution in [2.45, 2.75) is 13.5 Å². The highest BCUT2D eigenvalue weighted by Gasteiger charge is 1.91. The standard InChI is InChI=1S/C7H11N2O/c1-7-3-4-9(8-7)5-6-10-2/h4H,5-6H2,1-2H3. The minimum absolute atomic E-state index is 0.703. The first-order chi connectivity index (χ1) is 4.83. The van der Waals surface area contributed by atoms with Crippen molar-refractivity contribution in [1.29, 1.82) is 0 Å². The molecule has 1 aromatic rings. The van der Waals surface area contributed by atoms with Crippen molar-refractivity contribution in [3.63, 3.8) is 0 Å². The lowest BCUT2D eigenvalue weighted by Crippen LogP contribution is -2.04. The average molecular weight is 139 g/mol. The Morgan fingerprint density at radius 3 is 3.10 bits per heavy atom. The second-order valence-electron chi connectivity index (χ2n) is 2.11. The van der Waals surface area contributed by atoms with Crippen molar-refractivity contribution in [2.24, 2.45) is 0 Å². The largest absolute Gasteiger partial charge is 0.383 e. The molecule has 0 aliphatic carbocycles. The van der Waals surface area contributed by atoms with E-state index in [4.69, 9.17) is 4.74 Å². The summed E-state index contributed by atoms with van der Waals surface area (Å²) in [6.45, 7) is 3.43. The molecule has 10 heavy (non-hydrogen) atoms. The lowest BCUT2D eigenvalue weighted by atomic mass is 10.5. The van der Waals surface area contributed by atoms with Crippen LogP contribution < -0.4 is 0 Å². The van der Waals surface area contributed by atoms with Crippen molar-refractivity contribution >= 4 is 0 Å². The predicted octanol–water partition coefficient (Wildman–Crippen LogP) is 0.638. The van der Waals surface area contributed by atoms with E-state index >= 15 is 0 Å². The van der Waals surface area contributed by atoms with Gasteiger partial charge in [-0.1, -0.05) is 0 Å². The van der Waals surface area contributed by atoms with Crippen LogP contribution in [0.5, 0.6) is 0 Å². The van der Waals surface area contributed by atoms with Crippen LogP contribution in [0.15, 0.2) is 6.20 Å². The zero-order chi connectivity index (χ0) is 7.40. The average Bonchev–Trinajstić information content (AvgIpc) is 2.31. The third-order valence-electron chi connectivity index (χ3n) is 1.23. The van der Waals surface area contributed by atoms with Gasteiger partial charge in [0, 0.05) is 19.4 Å². The van der Waals surface area contributed by atoms with E-state index in [-0.39, 0.29) is 0 Å². The van der Waals surface area contributed by atoms with Gasteiger partial charge in [-0.15, -0.1) is 0 Å². The second-order valence-corrected chi connectivity index (χ2v) is 2.11. The topological polar surface area (TPSA) is 27.1 Å². The Morgan fingerprint density at radius 1 is 1.80 bits per heavy atom. The molecule has 1 radical (unpaired) electrons. The molecule has 0 aromatic carbocycles. The van der Waals surface area contributed by atoms with Crippen LogP contribution in [0.4, 0.5) is 0 Å². The fourth-order valence-electron chi connectivity index (χ4n) is 0.718. The molecular weight excluding hydrogens is 128 g/mol. The molecule has 0 unspecified atom stereocenters. The highest BCUT2D eigenvalue weighted by molar-refractivity contribution is 4.91. The van der Waals surface area contributed by atoms with Gasteiger partial charge in [-0.2, -0.15) is 5.10 Å². The van der Waals surface area contributed by atoms with Crippen LogP contribution in [0.25, 0.3) is 0 Å². The third-order valence-corrected chi connectivity index (χ3v) is 1.23. The number of hydrogen-bond donors (Lipinski definition) is 0. The maximum atomic E-state index is 4.88. The minimum Gasteiger partial charge on any atom is -0.383 e. The van der Waals surface area contributed by atoms with Crippen molar-refractivity contribution in [2.75, 3.05) is 13.7 Å². The first kappa shape index (κ1) is 7.28. The van der Waals surface area contributed by atoms with Gasteiger partial charge in [0.15, 0.2) is 0 Å². The van der Waals surface area contributed by atoms with Gasteiger partial charge in [0.2, 0.25) is 0 Å². The van der Waals surface area contributed by atoms with Gasteiger partial charge in [0.25, 0.3) is 0 Å². The smallest absolute Gasteiger partial charge is 0.0673 e. The summed E-state index contributed by atoms with van der Waals surface area (Å²) < 4.78 is 6.70. The van der Waals surface area contributed by atoms with E-state index < -0.39 is 0 Å². The number of rotatable bonds is 3. The molecule has 3 nitrogen and oxygen atoms in total. The van der Waals surface area contributed by atoms with E-state index in [9.17, 15) is 0 Å². The molecule has 0 N–H and O–H groups in total. The van der Waals surface area contributed by atoms with E-state index in [1.165, 1.54) is 0 Å². The Hall–Kier alpha value is -0.830. The van der Waals surface area contributed by atoms with Gasteiger partial charge in [-0.05, 0) is 6.92 Å². The molecule has 0 aliphatic rings. The highest BCUT2D eigenvalue weighted by atomic mass is 16.5. The molecule has 1 aromatic heterocycles. The Labute approximate surface area is 60.6 Å². The lowest BCUT2D eigenvalue weighted by molar-refractivity contribution is 0.183. The van der Waals surface area contributed by atoms with Gasteiger partial charge in [0.05, 0.1) is 18.8 Å². The summed E-state index contributed by atoms with van der Waals surface area (Å²) in [5, 5.41) is 4.13. The molecule has 0 saturated carbocycles. The second kappa shape index (κ2) is 3.37. The van der Waals surface area contributed by atoms with E-state index in [2.05, 4.69) is 11.2 Å². The molecule has 0 atom stereocenters. The fourth-order valence-corrected chi connectivity index (χ4v) is 0.718. The van der Waals surface area contributed by atoms with Crippen LogP contribution in [-0.2, 0) is 11.3 Å². The van der Waals surface area contributed by atoms with E-state index in [1.807, 2.05) is 17.8 Å². The third kappa shape index (κ3) is 1.84. The zero-order valence-electron chi connectivity index (χ0n) is 6.29. The Morgan fingerprint density at radius 2 is 2.60 bits per heavy atom. The van der Waals surface area contributed by atoms with Gasteiger partial charge in [-0.3, -0.25) is 4.68 Å². The molecule has 1 rings (SSSR count). The first-order valence-electron chi connectivity index (χ1n) is 3.23. The summed E-state index contributed by atoms with van der Waals surface area (Å²) >= 11 is 0. The molecular formula is C7H11N2O. The maximum Gasteiger partial charge on any atom is 0.0673 e. The van der Waals surface area contributed by atoms with Crippen molar-refractivity contribution in [3.8, 4) is 0 Å². The highest BCUT2D eigenvalue weighted by Crippen LogP contribution is 1.90. The SMILES string of the molecule is COCCn1c[c]c(C)n1. The molecule has 3 heteroatoms. The summed E-state index contributed by atoms with van der Waals surface area (Å²) in [7, 11) is 1.68. The predicted molar refractivity (Wildman–Crippen MR) is 37.7 cm³/mol. The van der Waals surface area contributed by atoms with Crippen LogP contribution in [0.2, 0.25) is 0 Å². The minimum atomic E-state index is 0.703. The number of methoxy groups -OCH3 is 1. The number of aromatic nitrogens is 2. The van der Waals surface area contributed by atoms with Crippen molar-refractivity contribution in [1.82, 2.24) is 9.78 Å². The number of hydrogen-bond acceptors (Lipinski definition) is 2. The van der Waals surface area contributed by atoms with Crippen LogP contribution >= 0.6 is 0 Å². The molecule has 55 valence electrons. The number of ether oxygens (including phenoxy) is 1. The zero-order valence-corrected chi connectivity index (χ0v) is 6.29. The summed E-state index contributed by atoms with van der Waals surface area (Å²) in [5.41, 5.74) is 0.927. The van der Waals surface area contributed by atoms with E-state index in [0.717, 1.165) is 12.2 Å². The Kier molecular flexibility index (Phi) is 2.45. The monoisotopic (exact) mass is 139 g/mol. The Balaban J connectivity index is 2.42. The fraction of sp³-hybridized carbons (Fsp3) is 0.571. The Bertz CT molecular complexity index is 195.